The van der Waals surface area contributed by atoms with Crippen molar-refractivity contribution in [2.24, 2.45) is 0 Å². The third-order valence-electron chi connectivity index (χ3n) is 5.36. The average Bonchev–Trinajstić information content (AvgIpc) is 3.28. The maximum Gasteiger partial charge on any atom is 0.261 e. The molecule has 0 atom stereocenters. The number of benzene rings is 2. The molecule has 1 aliphatic rings. The van der Waals surface area contributed by atoms with Crippen LogP contribution in [0.25, 0.3) is 0 Å². The SMILES string of the molecule is Cc1cccc(NS(=O)(=O)c2cccc(C(=O)N3CCC(n4ccnc4)CC3)c2)c1. The minimum Gasteiger partial charge on any atom is -0.338 e. The van der Waals surface area contributed by atoms with Gasteiger partial charge in [0.2, 0.25) is 0 Å². The number of sulfonamides is 1. The number of nitrogens with zero attached hydrogens (tertiary/aromatic N) is 3. The van der Waals surface area contributed by atoms with Crippen LogP contribution in [0.3, 0.4) is 0 Å². The molecule has 4 rings (SSSR count). The van der Waals surface area contributed by atoms with Crippen molar-refractivity contribution in [3.8, 4) is 0 Å². The third-order valence-corrected chi connectivity index (χ3v) is 6.74. The molecule has 1 aromatic heterocycles. The molecule has 1 amide bonds. The lowest BCUT2D eigenvalue weighted by Crippen LogP contribution is -2.39. The Morgan fingerprint density at radius 3 is 2.57 bits per heavy atom. The molecule has 30 heavy (non-hydrogen) atoms. The number of aryl methyl sites for hydroxylation is 1. The van der Waals surface area contributed by atoms with Crippen molar-refractivity contribution in [2.45, 2.75) is 30.7 Å². The first kappa shape index (κ1) is 20.2. The number of hydrogen-bond acceptors (Lipinski definition) is 4. The van der Waals surface area contributed by atoms with Gasteiger partial charge in [-0.25, -0.2) is 13.4 Å². The highest BCUT2D eigenvalue weighted by Gasteiger charge is 2.25. The Labute approximate surface area is 176 Å². The van der Waals surface area contributed by atoms with Crippen molar-refractivity contribution in [2.75, 3.05) is 17.8 Å². The van der Waals surface area contributed by atoms with Crippen molar-refractivity contribution >= 4 is 21.6 Å². The number of rotatable bonds is 5. The molecule has 1 saturated heterocycles. The second kappa shape index (κ2) is 8.31. The van der Waals surface area contributed by atoms with Gasteiger partial charge in [-0.05, 0) is 55.7 Å². The van der Waals surface area contributed by atoms with Crippen LogP contribution in [0.15, 0.2) is 72.1 Å². The topological polar surface area (TPSA) is 84.3 Å². The molecular weight excluding hydrogens is 400 g/mol. The maximum absolute atomic E-state index is 13.0. The molecule has 2 aromatic carbocycles. The van der Waals surface area contributed by atoms with Crippen molar-refractivity contribution < 1.29 is 13.2 Å². The summed E-state index contributed by atoms with van der Waals surface area (Å²) in [7, 11) is -3.79. The van der Waals surface area contributed by atoms with Gasteiger partial charge < -0.3 is 9.47 Å². The lowest BCUT2D eigenvalue weighted by Gasteiger charge is -2.32. The Hall–Kier alpha value is -3.13. The van der Waals surface area contributed by atoms with Gasteiger partial charge in [0.05, 0.1) is 11.2 Å². The smallest absolute Gasteiger partial charge is 0.261 e. The Morgan fingerprint density at radius 1 is 1.10 bits per heavy atom. The molecule has 1 aliphatic heterocycles. The monoisotopic (exact) mass is 424 g/mol. The van der Waals surface area contributed by atoms with Gasteiger partial charge >= 0.3 is 0 Å². The Morgan fingerprint density at radius 2 is 1.87 bits per heavy atom. The predicted molar refractivity (Wildman–Crippen MR) is 115 cm³/mol. The Balaban J connectivity index is 1.47. The molecule has 0 unspecified atom stereocenters. The summed E-state index contributed by atoms with van der Waals surface area (Å²) in [5.74, 6) is -0.147. The highest BCUT2D eigenvalue weighted by atomic mass is 32.2. The summed E-state index contributed by atoms with van der Waals surface area (Å²) in [6, 6.07) is 13.7. The third kappa shape index (κ3) is 4.38. The van der Waals surface area contributed by atoms with Crippen molar-refractivity contribution in [1.82, 2.24) is 14.5 Å². The molecule has 0 bridgehead atoms. The molecule has 1 N–H and O–H groups in total. The van der Waals surface area contributed by atoms with Gasteiger partial charge in [0.15, 0.2) is 0 Å². The van der Waals surface area contributed by atoms with Gasteiger partial charge in [0.1, 0.15) is 0 Å². The van der Waals surface area contributed by atoms with Crippen LogP contribution in [0.4, 0.5) is 5.69 Å². The molecule has 0 radical (unpaired) electrons. The van der Waals surface area contributed by atoms with Crippen molar-refractivity contribution in [3.05, 3.63) is 78.4 Å². The number of imidazole rings is 1. The summed E-state index contributed by atoms with van der Waals surface area (Å²) >= 11 is 0. The summed E-state index contributed by atoms with van der Waals surface area (Å²) < 4.78 is 30.2. The van der Waals surface area contributed by atoms with Crippen molar-refractivity contribution in [3.63, 3.8) is 0 Å². The normalized spacial score (nSPS) is 15.2. The van der Waals surface area contributed by atoms with Crippen LogP contribution in [0, 0.1) is 6.92 Å². The van der Waals surface area contributed by atoms with E-state index in [9.17, 15) is 13.2 Å². The van der Waals surface area contributed by atoms with E-state index in [4.69, 9.17) is 0 Å². The maximum atomic E-state index is 13.0. The van der Waals surface area contributed by atoms with E-state index in [-0.39, 0.29) is 10.8 Å². The molecular formula is C22H24N4O3S. The van der Waals surface area contributed by atoms with Crippen LogP contribution in [-0.2, 0) is 10.0 Å². The van der Waals surface area contributed by atoms with Crippen LogP contribution in [0.2, 0.25) is 0 Å². The molecule has 3 aromatic rings. The van der Waals surface area contributed by atoms with Gasteiger partial charge in [-0.15, -0.1) is 0 Å². The summed E-state index contributed by atoms with van der Waals surface area (Å²) in [4.78, 5) is 18.9. The van der Waals surface area contributed by atoms with Crippen LogP contribution >= 0.6 is 0 Å². The molecule has 1 fully saturated rings. The molecule has 0 aliphatic carbocycles. The zero-order chi connectivity index (χ0) is 21.1. The fraction of sp³-hybridized carbons (Fsp3) is 0.273. The molecule has 0 spiro atoms. The highest BCUT2D eigenvalue weighted by Crippen LogP contribution is 2.24. The van der Waals surface area contributed by atoms with E-state index in [0.717, 1.165) is 18.4 Å². The lowest BCUT2D eigenvalue weighted by atomic mass is 10.0. The average molecular weight is 425 g/mol. The van der Waals surface area contributed by atoms with Crippen LogP contribution in [0.5, 0.6) is 0 Å². The fourth-order valence-corrected chi connectivity index (χ4v) is 4.85. The standard InChI is InChI=1S/C22H24N4O3S/c1-17-4-2-6-19(14-17)24-30(28,29)21-7-3-5-18(15-21)22(27)25-11-8-20(9-12-25)26-13-10-23-16-26/h2-7,10,13-16,20,24H,8-9,11-12H2,1H3. The highest BCUT2D eigenvalue weighted by molar-refractivity contribution is 7.92. The number of anilines is 1. The molecule has 156 valence electrons. The van der Waals surface area contributed by atoms with E-state index >= 15 is 0 Å². The first-order valence-electron chi connectivity index (χ1n) is 9.89. The quantitative estimate of drug-likeness (QED) is 0.680. The van der Waals surface area contributed by atoms with Gasteiger partial charge in [-0.1, -0.05) is 18.2 Å². The molecule has 2 heterocycles. The molecule has 0 saturated carbocycles. The van der Waals surface area contributed by atoms with E-state index in [0.29, 0.717) is 30.4 Å². The Bertz CT molecular complexity index is 1130. The minimum atomic E-state index is -3.79. The summed E-state index contributed by atoms with van der Waals surface area (Å²) in [5, 5.41) is 0. The van der Waals surface area contributed by atoms with Crippen LogP contribution in [-0.4, -0.2) is 41.9 Å². The molecule has 8 heteroatoms. The van der Waals surface area contributed by atoms with Gasteiger partial charge in [-0.2, -0.15) is 0 Å². The van der Waals surface area contributed by atoms with Gasteiger partial charge in [0, 0.05) is 42.8 Å². The number of likely N-dealkylation sites (tertiary alicyclic amines) is 1. The number of nitrogens with one attached hydrogen (secondary N) is 1. The lowest BCUT2D eigenvalue weighted by molar-refractivity contribution is 0.0694. The van der Waals surface area contributed by atoms with E-state index in [2.05, 4.69) is 14.3 Å². The number of carbonyl (C=O) groups excluding carboxylic acids is 1. The number of carbonyl (C=O) groups is 1. The zero-order valence-electron chi connectivity index (χ0n) is 16.7. The minimum absolute atomic E-state index is 0.0724. The second-order valence-electron chi connectivity index (χ2n) is 7.54. The zero-order valence-corrected chi connectivity index (χ0v) is 17.5. The first-order valence-corrected chi connectivity index (χ1v) is 11.4. The molecule has 7 nitrogen and oxygen atoms in total. The van der Waals surface area contributed by atoms with E-state index in [1.807, 2.05) is 19.2 Å². The largest absolute Gasteiger partial charge is 0.338 e. The number of piperidine rings is 1. The van der Waals surface area contributed by atoms with E-state index in [1.165, 1.54) is 12.1 Å². The number of hydrogen-bond donors (Lipinski definition) is 1. The fourth-order valence-electron chi connectivity index (χ4n) is 3.75. The summed E-state index contributed by atoms with van der Waals surface area (Å²) in [6.07, 6.45) is 7.19. The second-order valence-corrected chi connectivity index (χ2v) is 9.22. The van der Waals surface area contributed by atoms with Crippen molar-refractivity contribution in [1.29, 1.82) is 0 Å². The van der Waals surface area contributed by atoms with E-state index in [1.54, 1.807) is 47.8 Å². The van der Waals surface area contributed by atoms with Crippen LogP contribution in [0.1, 0.15) is 34.8 Å². The van der Waals surface area contributed by atoms with Gasteiger partial charge in [-0.3, -0.25) is 9.52 Å². The summed E-state index contributed by atoms with van der Waals surface area (Å²) in [6.45, 7) is 3.15. The summed E-state index contributed by atoms with van der Waals surface area (Å²) in [5.41, 5.74) is 1.83. The number of aromatic nitrogens is 2. The predicted octanol–water partition coefficient (Wildman–Crippen LogP) is 3.47. The Kier molecular flexibility index (Phi) is 5.59. The number of amides is 1. The first-order chi connectivity index (χ1) is 14.4. The van der Waals surface area contributed by atoms with Gasteiger partial charge in [0.25, 0.3) is 15.9 Å². The van der Waals surface area contributed by atoms with E-state index < -0.39 is 10.0 Å². The van der Waals surface area contributed by atoms with Crippen LogP contribution < -0.4 is 4.72 Å².